The van der Waals surface area contributed by atoms with Crippen LogP contribution in [0.5, 0.6) is 6.01 Å². The molecule has 2 N–H and O–H groups in total. The Morgan fingerprint density at radius 1 is 1.11 bits per heavy atom. The molecule has 0 fully saturated rings. The second-order valence-corrected chi connectivity index (χ2v) is 9.23. The predicted molar refractivity (Wildman–Crippen MR) is 140 cm³/mol. The van der Waals surface area contributed by atoms with Gasteiger partial charge < -0.3 is 15.4 Å². The second kappa shape index (κ2) is 10.8. The van der Waals surface area contributed by atoms with Crippen LogP contribution in [0.25, 0.3) is 22.2 Å². The van der Waals surface area contributed by atoms with E-state index in [0.717, 1.165) is 17.5 Å². The molecule has 1 amide bonds. The largest absolute Gasteiger partial charge is 0.461 e. The lowest BCUT2D eigenvalue weighted by Crippen LogP contribution is -2.31. The van der Waals surface area contributed by atoms with E-state index < -0.39 is 11.2 Å². The zero-order valence-corrected chi connectivity index (χ0v) is 21.5. The van der Waals surface area contributed by atoms with Gasteiger partial charge in [0, 0.05) is 54.6 Å². The molecule has 0 saturated heterocycles. The quantitative estimate of drug-likeness (QED) is 0.342. The fourth-order valence-electron chi connectivity index (χ4n) is 4.07. The molecule has 4 aromatic rings. The Bertz CT molecular complexity index is 1410. The number of fused-ring (bicyclic) bond motifs is 1. The van der Waals surface area contributed by atoms with E-state index in [1.54, 1.807) is 18.5 Å². The van der Waals surface area contributed by atoms with Crippen LogP contribution in [0.15, 0.2) is 49.2 Å². The minimum atomic E-state index is -0.482. The zero-order chi connectivity index (χ0) is 26.6. The van der Waals surface area contributed by atoms with Crippen molar-refractivity contribution in [1.82, 2.24) is 30.2 Å². The van der Waals surface area contributed by atoms with E-state index in [1.165, 1.54) is 31.7 Å². The van der Waals surface area contributed by atoms with Crippen molar-refractivity contribution in [1.29, 1.82) is 0 Å². The van der Waals surface area contributed by atoms with Gasteiger partial charge >= 0.3 is 6.01 Å². The highest BCUT2D eigenvalue weighted by Crippen LogP contribution is 2.35. The van der Waals surface area contributed by atoms with Crippen molar-refractivity contribution in [3.8, 4) is 17.3 Å². The number of hydrogen-bond acceptors (Lipinski definition) is 8. The van der Waals surface area contributed by atoms with Gasteiger partial charge in [-0.25, -0.2) is 24.3 Å². The van der Waals surface area contributed by atoms with E-state index in [0.29, 0.717) is 29.6 Å². The van der Waals surface area contributed by atoms with Gasteiger partial charge in [-0.2, -0.15) is 0 Å². The van der Waals surface area contributed by atoms with E-state index in [9.17, 15) is 9.18 Å². The third-order valence-corrected chi connectivity index (χ3v) is 6.34. The highest BCUT2D eigenvalue weighted by atomic mass is 19.1. The van der Waals surface area contributed by atoms with Crippen molar-refractivity contribution in [3.63, 3.8) is 0 Å². The number of carbonyl (C=O) groups excluding carboxylic acids is 1. The maximum atomic E-state index is 14.9. The summed E-state index contributed by atoms with van der Waals surface area (Å²) in [4.78, 5) is 34.1. The Morgan fingerprint density at radius 2 is 1.86 bits per heavy atom. The van der Waals surface area contributed by atoms with Crippen LogP contribution in [0.4, 0.5) is 10.2 Å². The molecule has 9 nitrogen and oxygen atoms in total. The molecule has 37 heavy (non-hydrogen) atoms. The molecule has 0 aliphatic carbocycles. The van der Waals surface area contributed by atoms with Crippen molar-refractivity contribution in [2.75, 3.05) is 18.9 Å². The first-order valence-corrected chi connectivity index (χ1v) is 12.1. The molecule has 0 spiro atoms. The highest BCUT2D eigenvalue weighted by molar-refractivity contribution is 6.06. The summed E-state index contributed by atoms with van der Waals surface area (Å²) in [5, 5.41) is 6.18. The molecule has 3 heterocycles. The summed E-state index contributed by atoms with van der Waals surface area (Å²) in [5.74, 6) is -0.219. The molecular weight excluding hydrogens is 473 g/mol. The first kappa shape index (κ1) is 25.9. The maximum Gasteiger partial charge on any atom is 0.316 e. The molecule has 192 valence electrons. The zero-order valence-electron chi connectivity index (χ0n) is 21.5. The fraction of sp³-hybridized carbons (Fsp3) is 0.333. The normalized spacial score (nSPS) is 12.8. The molecule has 0 aliphatic rings. The number of pyridine rings is 1. The number of rotatable bonds is 9. The van der Waals surface area contributed by atoms with E-state index in [2.05, 4.69) is 49.4 Å². The highest BCUT2D eigenvalue weighted by Gasteiger charge is 2.29. The minimum absolute atomic E-state index is 0.0163. The van der Waals surface area contributed by atoms with Crippen LogP contribution < -0.4 is 15.4 Å². The van der Waals surface area contributed by atoms with E-state index in [-0.39, 0.29) is 23.0 Å². The Hall–Kier alpha value is -4.21. The molecule has 3 aromatic heterocycles. The van der Waals surface area contributed by atoms with Crippen LogP contribution in [-0.4, -0.2) is 50.5 Å². The topological polar surface area (TPSA) is 115 Å². The number of nitrogens with zero attached hydrogens (tertiary/aromatic N) is 5. The van der Waals surface area contributed by atoms with Crippen molar-refractivity contribution in [2.45, 2.75) is 45.6 Å². The summed E-state index contributed by atoms with van der Waals surface area (Å²) in [6, 6.07) is 6.80. The number of halogens is 1. The number of hydrogen-bond donors (Lipinski definition) is 2. The van der Waals surface area contributed by atoms with Gasteiger partial charge in [-0.1, -0.05) is 19.9 Å². The van der Waals surface area contributed by atoms with Crippen molar-refractivity contribution in [2.24, 2.45) is 0 Å². The smallest absolute Gasteiger partial charge is 0.316 e. The average molecular weight is 504 g/mol. The van der Waals surface area contributed by atoms with Crippen LogP contribution in [0.3, 0.4) is 0 Å². The van der Waals surface area contributed by atoms with Crippen LogP contribution >= 0.6 is 0 Å². The first-order valence-electron chi connectivity index (χ1n) is 12.1. The number of ether oxygens (including phenoxy) is 1. The lowest BCUT2D eigenvalue weighted by Gasteiger charge is -2.30. The number of anilines is 1. The van der Waals surface area contributed by atoms with E-state index in [1.807, 2.05) is 19.9 Å². The molecule has 1 aromatic carbocycles. The maximum absolute atomic E-state index is 14.9. The lowest BCUT2D eigenvalue weighted by molar-refractivity contribution is 0.0964. The van der Waals surface area contributed by atoms with Gasteiger partial charge in [0.25, 0.3) is 5.91 Å². The van der Waals surface area contributed by atoms with Crippen molar-refractivity contribution < 1.29 is 13.9 Å². The van der Waals surface area contributed by atoms with Crippen molar-refractivity contribution in [3.05, 3.63) is 66.1 Å². The predicted octanol–water partition coefficient (Wildman–Crippen LogP) is 4.55. The Kier molecular flexibility index (Phi) is 7.56. The third kappa shape index (κ3) is 5.47. The molecule has 0 saturated carbocycles. The monoisotopic (exact) mass is 503 g/mol. The third-order valence-electron chi connectivity index (χ3n) is 6.34. The van der Waals surface area contributed by atoms with E-state index >= 15 is 0 Å². The first-order chi connectivity index (χ1) is 17.8. The molecule has 1 atom stereocenters. The van der Waals surface area contributed by atoms with Gasteiger partial charge in [-0.05, 0) is 38.0 Å². The SMILES string of the molecule is CC[C@](C)(CNc1cc(-c2cnc(OC(C)C)nc2)ncn1)c1ccc(F)c2c(C(=O)NC)ccnc12. The summed E-state index contributed by atoms with van der Waals surface area (Å²) in [6.45, 7) is 8.45. The average Bonchev–Trinajstić information content (AvgIpc) is 2.91. The molecule has 0 bridgehead atoms. The van der Waals surface area contributed by atoms with Crippen LogP contribution in [0, 0.1) is 5.82 Å². The van der Waals surface area contributed by atoms with E-state index in [4.69, 9.17) is 4.74 Å². The number of aromatic nitrogens is 5. The minimum Gasteiger partial charge on any atom is -0.461 e. The number of amides is 1. The van der Waals surface area contributed by atoms with Gasteiger partial charge in [-0.15, -0.1) is 0 Å². The van der Waals surface area contributed by atoms with Gasteiger partial charge in [-0.3, -0.25) is 9.78 Å². The Morgan fingerprint density at radius 3 is 2.54 bits per heavy atom. The molecule has 0 unspecified atom stereocenters. The molecule has 4 rings (SSSR count). The summed E-state index contributed by atoms with van der Waals surface area (Å²) in [5.41, 5.74) is 2.52. The van der Waals surface area contributed by atoms with Crippen LogP contribution in [-0.2, 0) is 5.41 Å². The number of carbonyl (C=O) groups is 1. The Labute approximate surface area is 215 Å². The standard InChI is InChI=1S/C27H30FN7O2/c1-6-27(4,19-7-8-20(28)23-18(25(36)29-5)9-10-30-24(19)23)14-33-22-11-21(34-15-35-22)17-12-31-26(32-13-17)37-16(2)3/h7-13,15-16H,6,14H2,1-5H3,(H,29,36)(H,33,34,35)/t27-/m1/s1. The fourth-order valence-corrected chi connectivity index (χ4v) is 4.07. The van der Waals surface area contributed by atoms with Gasteiger partial charge in [0.1, 0.15) is 18.0 Å². The van der Waals surface area contributed by atoms with Gasteiger partial charge in [0.2, 0.25) is 0 Å². The molecule has 0 aliphatic heterocycles. The summed E-state index contributed by atoms with van der Waals surface area (Å²) < 4.78 is 20.4. The van der Waals surface area contributed by atoms with Crippen LogP contribution in [0.2, 0.25) is 0 Å². The summed E-state index contributed by atoms with van der Waals surface area (Å²) in [6.07, 6.45) is 7.05. The summed E-state index contributed by atoms with van der Waals surface area (Å²) in [7, 11) is 1.52. The summed E-state index contributed by atoms with van der Waals surface area (Å²) >= 11 is 0. The van der Waals surface area contributed by atoms with Gasteiger partial charge in [0.05, 0.1) is 22.9 Å². The molecular formula is C27H30FN7O2. The molecule has 0 radical (unpaired) electrons. The number of nitrogens with one attached hydrogen (secondary N) is 2. The lowest BCUT2D eigenvalue weighted by atomic mass is 9.78. The second-order valence-electron chi connectivity index (χ2n) is 9.23. The van der Waals surface area contributed by atoms with Crippen LogP contribution in [0.1, 0.15) is 50.0 Å². The molecule has 10 heteroatoms. The Balaban J connectivity index is 1.61. The van der Waals surface area contributed by atoms with Gasteiger partial charge in [0.15, 0.2) is 0 Å². The van der Waals surface area contributed by atoms with Crippen molar-refractivity contribution >= 4 is 22.6 Å². The number of benzene rings is 1.